The Hall–Kier alpha value is -5.45. The number of aromatic hydroxyl groups is 1. The van der Waals surface area contributed by atoms with Crippen LogP contribution in [0.25, 0.3) is 6.08 Å². The quantitative estimate of drug-likeness (QED) is 0.110. The average molecular weight is 660 g/mol. The number of anilines is 3. The lowest BCUT2D eigenvalue weighted by molar-refractivity contribution is -0.115. The summed E-state index contributed by atoms with van der Waals surface area (Å²) in [5, 5.41) is 15.5. The second-order valence-corrected chi connectivity index (χ2v) is 12.5. The minimum Gasteiger partial charge on any atom is -0.508 e. The number of fused-ring (bicyclic) bond motifs is 2. The first-order chi connectivity index (χ1) is 22.9. The van der Waals surface area contributed by atoms with Crippen LogP contribution in [-0.4, -0.2) is 35.7 Å². The fourth-order valence-corrected chi connectivity index (χ4v) is 6.82. The van der Waals surface area contributed by atoms with E-state index in [-0.39, 0.29) is 23.1 Å². The zero-order valence-corrected chi connectivity index (χ0v) is 26.8. The number of para-hydroxylation sites is 2. The Kier molecular flexibility index (Phi) is 9.61. The molecule has 0 bridgehead atoms. The van der Waals surface area contributed by atoms with Gasteiger partial charge in [-0.05, 0) is 72.8 Å². The molecular formula is C37H29N3O5S2. The molecule has 3 N–H and O–H groups in total. The number of ether oxygens (including phenoxy) is 1. The molecule has 0 aromatic heterocycles. The Labute approximate surface area is 280 Å². The molecule has 0 unspecified atom stereocenters. The lowest BCUT2D eigenvalue weighted by atomic mass is 10.1. The summed E-state index contributed by atoms with van der Waals surface area (Å²) >= 11 is 3.01. The van der Waals surface area contributed by atoms with Crippen molar-refractivity contribution in [3.63, 3.8) is 0 Å². The van der Waals surface area contributed by atoms with Gasteiger partial charge in [0.2, 0.25) is 5.91 Å². The van der Waals surface area contributed by atoms with Crippen LogP contribution >= 0.6 is 23.5 Å². The molecule has 0 radical (unpaired) electrons. The largest absolute Gasteiger partial charge is 0.508 e. The summed E-state index contributed by atoms with van der Waals surface area (Å²) in [7, 11) is 1.45. The summed E-state index contributed by atoms with van der Waals surface area (Å²) in [6, 6.07) is 35.9. The Morgan fingerprint density at radius 2 is 1.51 bits per heavy atom. The number of rotatable bonds is 9. The second-order valence-electron chi connectivity index (χ2n) is 10.3. The molecule has 0 fully saturated rings. The summed E-state index contributed by atoms with van der Waals surface area (Å²) in [6.45, 7) is 0. The minimum absolute atomic E-state index is 0.00119. The number of thioether (sulfide) groups is 1. The third-order valence-corrected chi connectivity index (χ3v) is 9.29. The van der Waals surface area contributed by atoms with Crippen LogP contribution < -0.4 is 20.3 Å². The first kappa shape index (κ1) is 31.5. The highest BCUT2D eigenvalue weighted by Crippen LogP contribution is 2.48. The fraction of sp³-hybridized carbons (Fsp3) is 0.0541. The minimum atomic E-state index is -0.568. The Balaban J connectivity index is 1.20. The number of nitrogens with one attached hydrogen (secondary N) is 2. The van der Waals surface area contributed by atoms with Gasteiger partial charge in [-0.2, -0.15) is 0 Å². The summed E-state index contributed by atoms with van der Waals surface area (Å²) in [4.78, 5) is 44.9. The monoisotopic (exact) mass is 659 g/mol. The third-order valence-electron chi connectivity index (χ3n) is 7.18. The molecule has 1 aliphatic heterocycles. The number of amides is 3. The van der Waals surface area contributed by atoms with Gasteiger partial charge in [0.1, 0.15) is 17.2 Å². The fourth-order valence-electron chi connectivity index (χ4n) is 4.96. The third kappa shape index (κ3) is 7.35. The van der Waals surface area contributed by atoms with E-state index < -0.39 is 11.8 Å². The predicted octanol–water partition coefficient (Wildman–Crippen LogP) is 7.73. The molecule has 0 aliphatic carbocycles. The number of hydrogen-bond donors (Lipinski definition) is 3. The number of hydrogen-bond acceptors (Lipinski definition) is 7. The van der Waals surface area contributed by atoms with Crippen LogP contribution in [-0.2, 0) is 9.59 Å². The van der Waals surface area contributed by atoms with E-state index in [9.17, 15) is 19.5 Å². The van der Waals surface area contributed by atoms with Crippen molar-refractivity contribution in [1.82, 2.24) is 5.32 Å². The molecule has 1 aliphatic rings. The lowest BCUT2D eigenvalue weighted by Gasteiger charge is -2.31. The normalized spacial score (nSPS) is 12.0. The Morgan fingerprint density at radius 3 is 2.21 bits per heavy atom. The second kappa shape index (κ2) is 14.3. The van der Waals surface area contributed by atoms with Gasteiger partial charge < -0.3 is 20.5 Å². The molecule has 3 amide bonds. The highest BCUT2D eigenvalue weighted by atomic mass is 32.2. The standard InChI is InChI=1S/C37H29N3O5S2/c1-45-32-22-27(41)19-18-25(32)20-29(39-36(43)24-10-3-2-4-11-24)37(44)38-26-12-9-13-28(21-26)46-23-35(42)40-30-14-5-7-16-33(30)47-34-17-8-6-15-31(34)40/h2-22,41H,23H2,1H3,(H,38,44)(H,39,43)/b29-20-. The molecule has 0 spiro atoms. The number of phenols is 1. The molecular weight excluding hydrogens is 631 g/mol. The molecule has 1 heterocycles. The van der Waals surface area contributed by atoms with Gasteiger partial charge in [-0.25, -0.2) is 0 Å². The van der Waals surface area contributed by atoms with Crippen molar-refractivity contribution < 1.29 is 24.2 Å². The molecule has 5 aromatic rings. The number of phenolic OH excluding ortho intramolecular Hbond substituents is 1. The molecule has 8 nitrogen and oxygen atoms in total. The lowest BCUT2D eigenvalue weighted by Crippen LogP contribution is -2.30. The molecule has 0 saturated heterocycles. The number of carbonyl (C=O) groups excluding carboxylic acids is 3. The van der Waals surface area contributed by atoms with Crippen molar-refractivity contribution >= 4 is 64.4 Å². The van der Waals surface area contributed by atoms with Crippen molar-refractivity contribution in [1.29, 1.82) is 0 Å². The van der Waals surface area contributed by atoms with Crippen molar-refractivity contribution in [3.05, 3.63) is 138 Å². The summed E-state index contributed by atoms with van der Waals surface area (Å²) < 4.78 is 5.38. The Morgan fingerprint density at radius 1 is 0.830 bits per heavy atom. The van der Waals surface area contributed by atoms with E-state index >= 15 is 0 Å². The zero-order valence-electron chi connectivity index (χ0n) is 25.2. The highest BCUT2D eigenvalue weighted by Gasteiger charge is 2.27. The van der Waals surface area contributed by atoms with Crippen LogP contribution in [0.1, 0.15) is 15.9 Å². The average Bonchev–Trinajstić information content (AvgIpc) is 3.10. The van der Waals surface area contributed by atoms with Crippen molar-refractivity contribution in [2.24, 2.45) is 0 Å². The highest BCUT2D eigenvalue weighted by molar-refractivity contribution is 8.00. The van der Waals surface area contributed by atoms with Gasteiger partial charge in [0.25, 0.3) is 11.8 Å². The zero-order chi connectivity index (χ0) is 32.8. The summed E-state index contributed by atoms with van der Waals surface area (Å²) in [5.41, 5.74) is 3.01. The van der Waals surface area contributed by atoms with Crippen LogP contribution in [0.15, 0.2) is 142 Å². The van der Waals surface area contributed by atoms with Crippen molar-refractivity contribution in [2.45, 2.75) is 14.7 Å². The Bertz CT molecular complexity index is 1950. The maximum Gasteiger partial charge on any atom is 0.272 e. The first-order valence-corrected chi connectivity index (χ1v) is 16.4. The summed E-state index contributed by atoms with van der Waals surface area (Å²) in [5.74, 6) is -0.609. The van der Waals surface area contributed by atoms with E-state index in [1.165, 1.54) is 37.1 Å². The number of carbonyl (C=O) groups is 3. The van der Waals surface area contributed by atoms with Crippen LogP contribution in [0.2, 0.25) is 0 Å². The molecule has 10 heteroatoms. The molecule has 47 heavy (non-hydrogen) atoms. The van der Waals surface area contributed by atoms with E-state index in [0.717, 1.165) is 26.1 Å². The van der Waals surface area contributed by atoms with Crippen LogP contribution in [0, 0.1) is 0 Å². The van der Waals surface area contributed by atoms with E-state index in [0.29, 0.717) is 22.6 Å². The maximum atomic E-state index is 13.7. The van der Waals surface area contributed by atoms with Crippen LogP contribution in [0.3, 0.4) is 0 Å². The SMILES string of the molecule is COc1cc(O)ccc1/C=C(\NC(=O)c1ccccc1)C(=O)Nc1cccc(SCC(=O)N2c3ccccc3Sc3ccccc32)c1. The van der Waals surface area contributed by atoms with Gasteiger partial charge in [-0.15, -0.1) is 11.8 Å². The molecule has 0 atom stereocenters. The number of benzene rings is 5. The first-order valence-electron chi connectivity index (χ1n) is 14.6. The molecule has 0 saturated carbocycles. The van der Waals surface area contributed by atoms with Crippen molar-refractivity contribution in [3.8, 4) is 11.5 Å². The van der Waals surface area contributed by atoms with Gasteiger partial charge in [-0.1, -0.05) is 60.3 Å². The number of methoxy groups -OCH3 is 1. The van der Waals surface area contributed by atoms with Crippen LogP contribution in [0.5, 0.6) is 11.5 Å². The van der Waals surface area contributed by atoms with E-state index in [1.807, 2.05) is 54.6 Å². The molecule has 6 rings (SSSR count). The van der Waals surface area contributed by atoms with Crippen molar-refractivity contribution in [2.75, 3.05) is 23.1 Å². The van der Waals surface area contributed by atoms with E-state index in [2.05, 4.69) is 10.6 Å². The predicted molar refractivity (Wildman–Crippen MR) is 186 cm³/mol. The van der Waals surface area contributed by atoms with Gasteiger partial charge >= 0.3 is 0 Å². The van der Waals surface area contributed by atoms with E-state index in [4.69, 9.17) is 4.74 Å². The van der Waals surface area contributed by atoms with Crippen LogP contribution in [0.4, 0.5) is 17.1 Å². The van der Waals surface area contributed by atoms with E-state index in [1.54, 1.807) is 71.3 Å². The summed E-state index contributed by atoms with van der Waals surface area (Å²) in [6.07, 6.45) is 1.48. The van der Waals surface area contributed by atoms with Gasteiger partial charge in [0.15, 0.2) is 0 Å². The topological polar surface area (TPSA) is 108 Å². The van der Waals surface area contributed by atoms with Gasteiger partial charge in [-0.3, -0.25) is 19.3 Å². The van der Waals surface area contributed by atoms with Gasteiger partial charge in [0, 0.05) is 37.6 Å². The molecule has 234 valence electrons. The van der Waals surface area contributed by atoms with Gasteiger partial charge in [0.05, 0.1) is 24.2 Å². The smallest absolute Gasteiger partial charge is 0.272 e. The molecule has 5 aromatic carbocycles. The maximum absolute atomic E-state index is 13.7. The number of nitrogens with zero attached hydrogens (tertiary/aromatic N) is 1.